The molecule has 1 aromatic heterocycles. The van der Waals surface area contributed by atoms with Gasteiger partial charge in [-0.05, 0) is 30.5 Å². The number of rotatable bonds is 6. The molecule has 0 radical (unpaired) electrons. The minimum absolute atomic E-state index is 0.135. The van der Waals surface area contributed by atoms with Gasteiger partial charge in [0.25, 0.3) is 5.91 Å². The molecule has 6 heteroatoms. The molecule has 0 aliphatic heterocycles. The number of carbonyl (C=O) groups excluding carboxylic acids is 1. The monoisotopic (exact) mass is 289 g/mol. The van der Waals surface area contributed by atoms with E-state index in [2.05, 4.69) is 15.5 Å². The van der Waals surface area contributed by atoms with Gasteiger partial charge in [0, 0.05) is 17.5 Å². The highest BCUT2D eigenvalue weighted by Gasteiger charge is 2.20. The number of benzene rings is 1. The van der Waals surface area contributed by atoms with Crippen molar-refractivity contribution < 1.29 is 14.7 Å². The third-order valence-electron chi connectivity index (χ3n) is 3.32. The third-order valence-corrected chi connectivity index (χ3v) is 3.32. The Bertz CT molecular complexity index is 648. The molecule has 2 aromatic rings. The van der Waals surface area contributed by atoms with Crippen LogP contribution in [0.2, 0.25) is 0 Å². The minimum Gasteiger partial charge on any atom is -0.481 e. The number of fused-ring (bicyclic) bond motifs is 1. The maximum Gasteiger partial charge on any atom is 0.308 e. The van der Waals surface area contributed by atoms with Crippen LogP contribution in [0.1, 0.15) is 30.6 Å². The fourth-order valence-electron chi connectivity index (χ4n) is 2.24. The normalized spacial score (nSPS) is 12.5. The van der Waals surface area contributed by atoms with Crippen LogP contribution in [0.15, 0.2) is 24.4 Å². The number of nitrogens with one attached hydrogen (secondary N) is 2. The molecule has 21 heavy (non-hydrogen) atoms. The van der Waals surface area contributed by atoms with Gasteiger partial charge >= 0.3 is 5.97 Å². The molecule has 6 nitrogen and oxygen atoms in total. The van der Waals surface area contributed by atoms with Gasteiger partial charge in [0.2, 0.25) is 0 Å². The van der Waals surface area contributed by atoms with Gasteiger partial charge in [0.15, 0.2) is 0 Å². The van der Waals surface area contributed by atoms with E-state index in [1.165, 1.54) is 0 Å². The van der Waals surface area contributed by atoms with Crippen LogP contribution in [0.5, 0.6) is 0 Å². The van der Waals surface area contributed by atoms with Crippen molar-refractivity contribution in [2.24, 2.45) is 11.8 Å². The molecule has 0 saturated carbocycles. The van der Waals surface area contributed by atoms with Crippen molar-refractivity contribution in [2.45, 2.75) is 20.3 Å². The fourth-order valence-corrected chi connectivity index (χ4v) is 2.24. The van der Waals surface area contributed by atoms with Gasteiger partial charge in [-0.1, -0.05) is 13.8 Å². The smallest absolute Gasteiger partial charge is 0.308 e. The van der Waals surface area contributed by atoms with Crippen LogP contribution in [-0.2, 0) is 4.79 Å². The molecule has 0 spiro atoms. The number of H-pyrrole nitrogens is 1. The second-order valence-corrected chi connectivity index (χ2v) is 5.55. The van der Waals surface area contributed by atoms with E-state index in [1.54, 1.807) is 24.4 Å². The number of carboxylic acid groups (broad SMARTS) is 1. The lowest BCUT2D eigenvalue weighted by Gasteiger charge is -2.15. The van der Waals surface area contributed by atoms with Crippen molar-refractivity contribution in [3.63, 3.8) is 0 Å². The summed E-state index contributed by atoms with van der Waals surface area (Å²) in [6.45, 7) is 4.06. The lowest BCUT2D eigenvalue weighted by atomic mass is 9.97. The van der Waals surface area contributed by atoms with E-state index in [1.807, 2.05) is 13.8 Å². The van der Waals surface area contributed by atoms with Crippen LogP contribution < -0.4 is 5.32 Å². The molecular formula is C15H19N3O3. The Balaban J connectivity index is 2.01. The first kappa shape index (κ1) is 15.0. The first-order valence-electron chi connectivity index (χ1n) is 6.91. The van der Waals surface area contributed by atoms with Gasteiger partial charge in [-0.25, -0.2) is 0 Å². The van der Waals surface area contributed by atoms with Gasteiger partial charge in [-0.15, -0.1) is 0 Å². The van der Waals surface area contributed by atoms with E-state index in [9.17, 15) is 9.59 Å². The average molecular weight is 289 g/mol. The summed E-state index contributed by atoms with van der Waals surface area (Å²) in [6.07, 6.45) is 2.18. The van der Waals surface area contributed by atoms with E-state index in [4.69, 9.17) is 5.11 Å². The lowest BCUT2D eigenvalue weighted by molar-refractivity contribution is -0.142. The number of aromatic amines is 1. The van der Waals surface area contributed by atoms with Crippen LogP contribution in [0, 0.1) is 11.8 Å². The summed E-state index contributed by atoms with van der Waals surface area (Å²) < 4.78 is 0. The Hall–Kier alpha value is -2.37. The van der Waals surface area contributed by atoms with Crippen molar-refractivity contribution in [2.75, 3.05) is 6.54 Å². The number of carbonyl (C=O) groups is 2. The van der Waals surface area contributed by atoms with Crippen molar-refractivity contribution in [3.8, 4) is 0 Å². The fraction of sp³-hybridized carbons (Fsp3) is 0.400. The first-order chi connectivity index (χ1) is 9.97. The van der Waals surface area contributed by atoms with E-state index < -0.39 is 11.9 Å². The summed E-state index contributed by atoms with van der Waals surface area (Å²) in [5.41, 5.74) is 1.35. The molecular weight excluding hydrogens is 270 g/mol. The highest BCUT2D eigenvalue weighted by atomic mass is 16.4. The Morgan fingerprint density at radius 3 is 2.81 bits per heavy atom. The van der Waals surface area contributed by atoms with Gasteiger partial charge in [0.05, 0.1) is 17.6 Å². The first-order valence-corrected chi connectivity index (χ1v) is 6.91. The number of aliphatic carboxylic acids is 1. The van der Waals surface area contributed by atoms with E-state index >= 15 is 0 Å². The lowest BCUT2D eigenvalue weighted by Crippen LogP contribution is -2.33. The molecule has 1 unspecified atom stereocenters. The largest absolute Gasteiger partial charge is 0.481 e. The SMILES string of the molecule is CC(C)CC(CNC(=O)c1ccc2[nH]ncc2c1)C(=O)O. The predicted molar refractivity (Wildman–Crippen MR) is 79.0 cm³/mol. The van der Waals surface area contributed by atoms with Crippen molar-refractivity contribution in [1.29, 1.82) is 0 Å². The minimum atomic E-state index is -0.880. The van der Waals surface area contributed by atoms with Gasteiger partial charge in [0.1, 0.15) is 0 Å². The zero-order valence-electron chi connectivity index (χ0n) is 12.1. The predicted octanol–water partition coefficient (Wildman–Crippen LogP) is 2.04. The zero-order chi connectivity index (χ0) is 15.4. The number of hydrogen-bond donors (Lipinski definition) is 3. The molecule has 1 amide bonds. The summed E-state index contributed by atoms with van der Waals surface area (Å²) in [5, 5.41) is 19.4. The molecule has 1 atom stereocenters. The average Bonchev–Trinajstić information content (AvgIpc) is 2.89. The molecule has 0 saturated heterocycles. The van der Waals surface area contributed by atoms with Crippen molar-refractivity contribution in [3.05, 3.63) is 30.0 Å². The molecule has 3 N–H and O–H groups in total. The Kier molecular flexibility index (Phi) is 4.57. The van der Waals surface area contributed by atoms with Crippen LogP contribution in [0.25, 0.3) is 10.9 Å². The van der Waals surface area contributed by atoms with E-state index in [-0.39, 0.29) is 18.4 Å². The summed E-state index contributed by atoms with van der Waals surface area (Å²) in [7, 11) is 0. The molecule has 0 bridgehead atoms. The summed E-state index contributed by atoms with van der Waals surface area (Å²) in [5.74, 6) is -1.45. The van der Waals surface area contributed by atoms with Crippen molar-refractivity contribution >= 4 is 22.8 Å². The molecule has 1 heterocycles. The standard InChI is InChI=1S/C15H19N3O3/c1-9(2)5-12(15(20)21)7-16-14(19)10-3-4-13-11(6-10)8-17-18-13/h3-4,6,8-9,12H,5,7H2,1-2H3,(H,16,19)(H,17,18)(H,20,21). The molecule has 0 aliphatic carbocycles. The second kappa shape index (κ2) is 6.39. The van der Waals surface area contributed by atoms with Gasteiger partial charge in [-0.3, -0.25) is 14.7 Å². The summed E-state index contributed by atoms with van der Waals surface area (Å²) >= 11 is 0. The van der Waals surface area contributed by atoms with Crippen LogP contribution >= 0.6 is 0 Å². The second-order valence-electron chi connectivity index (χ2n) is 5.55. The summed E-state index contributed by atoms with van der Waals surface area (Å²) in [6, 6.07) is 5.19. The Morgan fingerprint density at radius 2 is 2.14 bits per heavy atom. The van der Waals surface area contributed by atoms with Gasteiger partial charge < -0.3 is 10.4 Å². The number of hydrogen-bond acceptors (Lipinski definition) is 3. The maximum atomic E-state index is 12.1. The molecule has 112 valence electrons. The topological polar surface area (TPSA) is 95.1 Å². The summed E-state index contributed by atoms with van der Waals surface area (Å²) in [4.78, 5) is 23.2. The number of nitrogens with zero attached hydrogens (tertiary/aromatic N) is 1. The molecule has 1 aromatic carbocycles. The number of carboxylic acids is 1. The van der Waals surface area contributed by atoms with E-state index in [0.717, 1.165) is 10.9 Å². The van der Waals surface area contributed by atoms with Crippen molar-refractivity contribution in [1.82, 2.24) is 15.5 Å². The Labute approximate surface area is 122 Å². The third kappa shape index (κ3) is 3.81. The molecule has 0 aliphatic rings. The van der Waals surface area contributed by atoms with Crippen LogP contribution in [-0.4, -0.2) is 33.7 Å². The van der Waals surface area contributed by atoms with Crippen LogP contribution in [0.4, 0.5) is 0 Å². The Morgan fingerprint density at radius 1 is 1.38 bits per heavy atom. The highest BCUT2D eigenvalue weighted by molar-refractivity contribution is 5.98. The van der Waals surface area contributed by atoms with E-state index in [0.29, 0.717) is 12.0 Å². The highest BCUT2D eigenvalue weighted by Crippen LogP contribution is 2.14. The van der Waals surface area contributed by atoms with Gasteiger partial charge in [-0.2, -0.15) is 5.10 Å². The number of amides is 1. The van der Waals surface area contributed by atoms with Crippen LogP contribution in [0.3, 0.4) is 0 Å². The molecule has 0 fully saturated rings. The maximum absolute atomic E-state index is 12.1. The zero-order valence-corrected chi connectivity index (χ0v) is 12.1. The number of aromatic nitrogens is 2. The quantitative estimate of drug-likeness (QED) is 0.758. The molecule has 2 rings (SSSR count).